The molecule has 0 aromatic heterocycles. The topological polar surface area (TPSA) is 92.9 Å². The predicted molar refractivity (Wildman–Crippen MR) is 105 cm³/mol. The fourth-order valence-electron chi connectivity index (χ4n) is 2.66. The van der Waals surface area contributed by atoms with Gasteiger partial charge in [-0.05, 0) is 25.8 Å². The Balaban J connectivity index is 2.51. The second-order valence-electron chi connectivity index (χ2n) is 6.60. The van der Waals surface area contributed by atoms with Crippen LogP contribution in [0.2, 0.25) is 5.02 Å². The lowest BCUT2D eigenvalue weighted by Crippen LogP contribution is -2.27. The van der Waals surface area contributed by atoms with Gasteiger partial charge in [0.05, 0.1) is 28.2 Å². The van der Waals surface area contributed by atoms with Gasteiger partial charge in [-0.25, -0.2) is 0 Å². The van der Waals surface area contributed by atoms with E-state index in [0.717, 1.165) is 25.8 Å². The Morgan fingerprint density at radius 3 is 2.63 bits per heavy atom. The molecule has 27 heavy (non-hydrogen) atoms. The van der Waals surface area contributed by atoms with Crippen molar-refractivity contribution in [3.05, 3.63) is 32.8 Å². The molecule has 0 bridgehead atoms. The van der Waals surface area contributed by atoms with Crippen molar-refractivity contribution in [2.24, 2.45) is 0 Å². The lowest BCUT2D eigenvalue weighted by Gasteiger charge is -2.17. The number of carbonyl (C=O) groups is 1. The van der Waals surface area contributed by atoms with E-state index < -0.39 is 11.0 Å². The monoisotopic (exact) mass is 400 g/mol. The van der Waals surface area contributed by atoms with Gasteiger partial charge in [0, 0.05) is 26.1 Å². The molecule has 0 saturated heterocycles. The van der Waals surface area contributed by atoms with Crippen LogP contribution in [0.1, 0.15) is 64.0 Å². The van der Waals surface area contributed by atoms with Crippen LogP contribution in [-0.4, -0.2) is 41.0 Å². The van der Waals surface area contributed by atoms with Crippen LogP contribution in [0.3, 0.4) is 0 Å². The SMILES string of the molecule is CCCCCCN(C)C(=O)CCCOc1cc(C(C)O)c([N+](=O)[O-])cc1Cl. The van der Waals surface area contributed by atoms with Gasteiger partial charge in [-0.3, -0.25) is 14.9 Å². The van der Waals surface area contributed by atoms with Crippen molar-refractivity contribution in [1.82, 2.24) is 4.90 Å². The summed E-state index contributed by atoms with van der Waals surface area (Å²) in [7, 11) is 1.80. The third-order valence-electron chi connectivity index (χ3n) is 4.29. The molecular weight excluding hydrogens is 372 g/mol. The maximum atomic E-state index is 12.1. The van der Waals surface area contributed by atoms with Gasteiger partial charge in [0.25, 0.3) is 5.69 Å². The molecule has 0 heterocycles. The van der Waals surface area contributed by atoms with E-state index in [4.69, 9.17) is 16.3 Å². The van der Waals surface area contributed by atoms with Gasteiger partial charge in [0.1, 0.15) is 5.75 Å². The third-order valence-corrected chi connectivity index (χ3v) is 4.59. The maximum Gasteiger partial charge on any atom is 0.276 e. The second kappa shape index (κ2) is 11.8. The molecule has 1 unspecified atom stereocenters. The van der Waals surface area contributed by atoms with Gasteiger partial charge < -0.3 is 14.7 Å². The van der Waals surface area contributed by atoms with Crippen LogP contribution < -0.4 is 4.74 Å². The van der Waals surface area contributed by atoms with E-state index in [-0.39, 0.29) is 34.5 Å². The van der Waals surface area contributed by atoms with E-state index >= 15 is 0 Å². The first-order valence-corrected chi connectivity index (χ1v) is 9.68. The van der Waals surface area contributed by atoms with Crippen LogP contribution in [0.25, 0.3) is 0 Å². The number of aliphatic hydroxyl groups is 1. The van der Waals surface area contributed by atoms with E-state index in [1.54, 1.807) is 11.9 Å². The summed E-state index contributed by atoms with van der Waals surface area (Å²) in [6.07, 6.45) is 4.33. The molecular formula is C19H29ClN2O5. The molecule has 0 fully saturated rings. The Hall–Kier alpha value is -1.86. The number of ether oxygens (including phenoxy) is 1. The number of halogens is 1. The highest BCUT2D eigenvalue weighted by Gasteiger charge is 2.21. The van der Waals surface area contributed by atoms with E-state index in [2.05, 4.69) is 6.92 Å². The number of aliphatic hydroxyl groups excluding tert-OH is 1. The zero-order valence-corrected chi connectivity index (χ0v) is 17.0. The predicted octanol–water partition coefficient (Wildman–Crippen LogP) is 4.50. The van der Waals surface area contributed by atoms with Gasteiger partial charge in [-0.2, -0.15) is 0 Å². The lowest BCUT2D eigenvalue weighted by molar-refractivity contribution is -0.386. The molecule has 0 aliphatic carbocycles. The van der Waals surface area contributed by atoms with Crippen LogP contribution in [-0.2, 0) is 4.79 Å². The van der Waals surface area contributed by atoms with Crippen molar-refractivity contribution >= 4 is 23.2 Å². The van der Waals surface area contributed by atoms with Gasteiger partial charge in [-0.15, -0.1) is 0 Å². The molecule has 0 aliphatic rings. The molecule has 1 aromatic rings. The number of rotatable bonds is 12. The Morgan fingerprint density at radius 2 is 2.04 bits per heavy atom. The van der Waals surface area contributed by atoms with Crippen molar-refractivity contribution < 1.29 is 19.6 Å². The number of carbonyl (C=O) groups excluding carboxylic acids is 1. The summed E-state index contributed by atoms with van der Waals surface area (Å²) in [6.45, 7) is 4.60. The average Bonchev–Trinajstić information content (AvgIpc) is 2.62. The number of nitro groups is 1. The van der Waals surface area contributed by atoms with E-state index in [1.165, 1.54) is 25.5 Å². The Morgan fingerprint density at radius 1 is 1.33 bits per heavy atom. The summed E-state index contributed by atoms with van der Waals surface area (Å²) in [5, 5.41) is 20.9. The average molecular weight is 401 g/mol. The highest BCUT2D eigenvalue weighted by molar-refractivity contribution is 6.32. The molecule has 0 spiro atoms. The van der Waals surface area contributed by atoms with Crippen LogP contribution in [0, 0.1) is 10.1 Å². The Kier molecular flexibility index (Phi) is 10.1. The quantitative estimate of drug-likeness (QED) is 0.317. The summed E-state index contributed by atoms with van der Waals surface area (Å²) < 4.78 is 5.57. The second-order valence-corrected chi connectivity index (χ2v) is 7.01. The number of amides is 1. The highest BCUT2D eigenvalue weighted by atomic mass is 35.5. The Labute approximate surface area is 165 Å². The molecule has 7 nitrogen and oxygen atoms in total. The molecule has 152 valence electrons. The zero-order chi connectivity index (χ0) is 20.4. The van der Waals surface area contributed by atoms with E-state index in [1.807, 2.05) is 0 Å². The standard InChI is InChI=1S/C19H29ClN2O5/c1-4-5-6-7-10-21(3)19(24)9-8-11-27-18-12-15(14(2)23)17(22(25)26)13-16(18)20/h12-14,23H,4-11H2,1-3H3. The number of benzene rings is 1. The van der Waals surface area contributed by atoms with Gasteiger partial charge >= 0.3 is 0 Å². The smallest absolute Gasteiger partial charge is 0.276 e. The fraction of sp³-hybridized carbons (Fsp3) is 0.632. The summed E-state index contributed by atoms with van der Waals surface area (Å²) in [5.41, 5.74) is -0.107. The molecule has 0 radical (unpaired) electrons. The summed E-state index contributed by atoms with van der Waals surface area (Å²) >= 11 is 6.04. The molecule has 1 atom stereocenters. The molecule has 8 heteroatoms. The molecule has 0 saturated carbocycles. The van der Waals surface area contributed by atoms with Gasteiger partial charge in [0.2, 0.25) is 5.91 Å². The van der Waals surface area contributed by atoms with Crippen molar-refractivity contribution in [3.8, 4) is 5.75 Å². The third kappa shape index (κ3) is 7.72. The molecule has 1 aromatic carbocycles. The first kappa shape index (κ1) is 23.2. The van der Waals surface area contributed by atoms with Crippen LogP contribution in [0.5, 0.6) is 5.75 Å². The maximum absolute atomic E-state index is 12.1. The molecule has 1 amide bonds. The van der Waals surface area contributed by atoms with Crippen LogP contribution in [0.15, 0.2) is 12.1 Å². The van der Waals surface area contributed by atoms with Crippen LogP contribution >= 0.6 is 11.6 Å². The Bertz CT molecular complexity index is 637. The van der Waals surface area contributed by atoms with E-state index in [9.17, 15) is 20.0 Å². The highest BCUT2D eigenvalue weighted by Crippen LogP contribution is 2.35. The van der Waals surface area contributed by atoms with Crippen molar-refractivity contribution in [1.29, 1.82) is 0 Å². The zero-order valence-electron chi connectivity index (χ0n) is 16.2. The number of hydrogen-bond donors (Lipinski definition) is 1. The lowest BCUT2D eigenvalue weighted by atomic mass is 10.1. The minimum atomic E-state index is -1.02. The normalized spacial score (nSPS) is 11.9. The molecule has 1 N–H and O–H groups in total. The van der Waals surface area contributed by atoms with Crippen molar-refractivity contribution in [2.75, 3.05) is 20.2 Å². The largest absolute Gasteiger partial charge is 0.492 e. The van der Waals surface area contributed by atoms with Crippen LogP contribution in [0.4, 0.5) is 5.69 Å². The van der Waals surface area contributed by atoms with Crippen molar-refractivity contribution in [3.63, 3.8) is 0 Å². The number of nitro benzene ring substituents is 1. The van der Waals surface area contributed by atoms with E-state index in [0.29, 0.717) is 12.8 Å². The minimum Gasteiger partial charge on any atom is -0.492 e. The number of nitrogens with zero attached hydrogens (tertiary/aromatic N) is 2. The number of hydrogen-bond acceptors (Lipinski definition) is 5. The van der Waals surface area contributed by atoms with Gasteiger partial charge in [-0.1, -0.05) is 37.8 Å². The molecule has 1 rings (SSSR count). The first-order chi connectivity index (χ1) is 12.8. The van der Waals surface area contributed by atoms with Gasteiger partial charge in [0.15, 0.2) is 0 Å². The summed E-state index contributed by atoms with van der Waals surface area (Å²) in [5.74, 6) is 0.327. The van der Waals surface area contributed by atoms with Crippen molar-refractivity contribution in [2.45, 2.75) is 58.5 Å². The fourth-order valence-corrected chi connectivity index (χ4v) is 2.87. The molecule has 0 aliphatic heterocycles. The number of unbranched alkanes of at least 4 members (excludes halogenated alkanes) is 3. The first-order valence-electron chi connectivity index (χ1n) is 9.30. The summed E-state index contributed by atoms with van der Waals surface area (Å²) in [4.78, 5) is 24.3. The summed E-state index contributed by atoms with van der Waals surface area (Å²) in [6, 6.07) is 2.56. The minimum absolute atomic E-state index is 0.0644.